The van der Waals surface area contributed by atoms with E-state index in [1.807, 2.05) is 0 Å². The van der Waals surface area contributed by atoms with Crippen LogP contribution in [0.5, 0.6) is 5.75 Å². The average molecular weight is 292 g/mol. The highest BCUT2D eigenvalue weighted by molar-refractivity contribution is 9.10. The first kappa shape index (κ1) is 12.2. The van der Waals surface area contributed by atoms with Gasteiger partial charge in [-0.1, -0.05) is 0 Å². The maximum Gasteiger partial charge on any atom is 0.433 e. The number of nitrogens with zero attached hydrogens (tertiary/aromatic N) is 1. The summed E-state index contributed by atoms with van der Waals surface area (Å²) in [7, 11) is 0. The van der Waals surface area contributed by atoms with E-state index in [2.05, 4.69) is 25.7 Å². The van der Waals surface area contributed by atoms with Crippen LogP contribution in [-0.4, -0.2) is 11.6 Å². The lowest BCUT2D eigenvalue weighted by molar-refractivity contribution is -0.141. The molecule has 0 aliphatic heterocycles. The molecule has 1 aromatic rings. The van der Waals surface area contributed by atoms with Crippen LogP contribution in [0.3, 0.4) is 0 Å². The highest BCUT2D eigenvalue weighted by Crippen LogP contribution is 2.31. The Morgan fingerprint density at radius 2 is 1.87 bits per heavy atom. The molecule has 84 valence electrons. The molecule has 1 aromatic heterocycles. The normalized spacial score (nSPS) is 11.9. The number of ether oxygens (including phenoxy) is 1. The summed E-state index contributed by atoms with van der Waals surface area (Å²) >= 11 is 2.66. The second-order valence-electron chi connectivity index (χ2n) is 2.39. The number of alkyl halides is 5. The van der Waals surface area contributed by atoms with Crippen molar-refractivity contribution in [2.75, 3.05) is 0 Å². The Balaban J connectivity index is 3.06. The minimum Gasteiger partial charge on any atom is -0.435 e. The Kier molecular flexibility index (Phi) is 3.48. The first-order chi connectivity index (χ1) is 6.79. The van der Waals surface area contributed by atoms with Crippen LogP contribution in [0.1, 0.15) is 5.69 Å². The van der Waals surface area contributed by atoms with E-state index in [0.29, 0.717) is 6.07 Å². The fourth-order valence-corrected chi connectivity index (χ4v) is 1.21. The maximum atomic E-state index is 12.2. The first-order valence-corrected chi connectivity index (χ1v) is 4.28. The summed E-state index contributed by atoms with van der Waals surface area (Å²) in [5.74, 6) is -0.598. The predicted molar refractivity (Wildman–Crippen MR) is 43.6 cm³/mol. The molecule has 0 bridgehead atoms. The van der Waals surface area contributed by atoms with Gasteiger partial charge in [0, 0.05) is 12.1 Å². The van der Waals surface area contributed by atoms with E-state index in [0.717, 1.165) is 6.07 Å². The summed E-state index contributed by atoms with van der Waals surface area (Å²) < 4.78 is 63.6. The molecule has 15 heavy (non-hydrogen) atoms. The van der Waals surface area contributed by atoms with Crippen LogP contribution < -0.4 is 4.74 Å². The molecule has 0 unspecified atom stereocenters. The van der Waals surface area contributed by atoms with Gasteiger partial charge in [-0.3, -0.25) is 0 Å². The van der Waals surface area contributed by atoms with Gasteiger partial charge in [0.05, 0.1) is 0 Å². The first-order valence-electron chi connectivity index (χ1n) is 3.48. The van der Waals surface area contributed by atoms with Gasteiger partial charge in [0.25, 0.3) is 0 Å². The largest absolute Gasteiger partial charge is 0.435 e. The molecule has 0 N–H and O–H groups in total. The number of aromatic nitrogens is 1. The number of hydrogen-bond donors (Lipinski definition) is 0. The third kappa shape index (κ3) is 3.61. The third-order valence-corrected chi connectivity index (χ3v) is 1.69. The van der Waals surface area contributed by atoms with Crippen LogP contribution in [-0.2, 0) is 6.18 Å². The highest BCUT2D eigenvalue weighted by atomic mass is 79.9. The molecule has 0 aliphatic rings. The molecular formula is C7H3BrF5NO. The number of hydrogen-bond acceptors (Lipinski definition) is 2. The lowest BCUT2D eigenvalue weighted by Gasteiger charge is -2.09. The van der Waals surface area contributed by atoms with E-state index in [4.69, 9.17) is 0 Å². The number of pyridine rings is 1. The van der Waals surface area contributed by atoms with Crippen molar-refractivity contribution >= 4 is 15.9 Å². The molecule has 0 atom stereocenters. The molecule has 0 saturated carbocycles. The molecule has 0 aliphatic carbocycles. The number of rotatable bonds is 2. The van der Waals surface area contributed by atoms with E-state index in [1.54, 1.807) is 0 Å². The number of halogens is 6. The van der Waals surface area contributed by atoms with Gasteiger partial charge in [-0.05, 0) is 15.9 Å². The molecule has 0 aromatic carbocycles. The van der Waals surface area contributed by atoms with Crippen molar-refractivity contribution in [2.24, 2.45) is 0 Å². The van der Waals surface area contributed by atoms with Crippen LogP contribution in [0.15, 0.2) is 16.7 Å². The molecule has 8 heteroatoms. The summed E-state index contributed by atoms with van der Waals surface area (Å²) in [6, 6.07) is 1.32. The molecular weight excluding hydrogens is 289 g/mol. The van der Waals surface area contributed by atoms with Gasteiger partial charge in [0.15, 0.2) is 0 Å². The van der Waals surface area contributed by atoms with Crippen LogP contribution in [0.25, 0.3) is 0 Å². The van der Waals surface area contributed by atoms with E-state index >= 15 is 0 Å². The van der Waals surface area contributed by atoms with E-state index < -0.39 is 24.2 Å². The van der Waals surface area contributed by atoms with Crippen molar-refractivity contribution in [1.82, 2.24) is 4.98 Å². The SMILES string of the molecule is FC(F)Oc1cc(Br)nc(C(F)(F)F)c1. The predicted octanol–water partition coefficient (Wildman–Crippen LogP) is 3.46. The monoisotopic (exact) mass is 291 g/mol. The lowest BCUT2D eigenvalue weighted by Crippen LogP contribution is -2.10. The quantitative estimate of drug-likeness (QED) is 0.615. The fourth-order valence-electron chi connectivity index (χ4n) is 0.790. The summed E-state index contributed by atoms with van der Waals surface area (Å²) in [6.45, 7) is -3.18. The Morgan fingerprint density at radius 3 is 2.33 bits per heavy atom. The molecule has 0 spiro atoms. The molecule has 0 saturated heterocycles. The van der Waals surface area contributed by atoms with Crippen molar-refractivity contribution in [3.05, 3.63) is 22.4 Å². The van der Waals surface area contributed by atoms with Gasteiger partial charge in [0.2, 0.25) is 0 Å². The molecule has 1 heterocycles. The van der Waals surface area contributed by atoms with E-state index in [-0.39, 0.29) is 4.60 Å². The molecule has 0 radical (unpaired) electrons. The van der Waals surface area contributed by atoms with Gasteiger partial charge in [-0.15, -0.1) is 0 Å². The third-order valence-electron chi connectivity index (χ3n) is 1.28. The Bertz CT molecular complexity index is 354. The standard InChI is InChI=1S/C7H3BrF5NO/c8-5-2-3(15-6(9)10)1-4(14-5)7(11,12)13/h1-2,6H. The molecule has 1 rings (SSSR count). The van der Waals surface area contributed by atoms with Gasteiger partial charge < -0.3 is 4.74 Å². The second-order valence-corrected chi connectivity index (χ2v) is 3.20. The van der Waals surface area contributed by atoms with Crippen molar-refractivity contribution in [3.63, 3.8) is 0 Å². The van der Waals surface area contributed by atoms with Crippen LogP contribution in [0.4, 0.5) is 22.0 Å². The maximum absolute atomic E-state index is 12.2. The minimum absolute atomic E-state index is 0.229. The Hall–Kier alpha value is -0.920. The lowest BCUT2D eigenvalue weighted by atomic mass is 10.3. The van der Waals surface area contributed by atoms with Crippen molar-refractivity contribution in [1.29, 1.82) is 0 Å². The average Bonchev–Trinajstić information content (AvgIpc) is 1.99. The van der Waals surface area contributed by atoms with Crippen molar-refractivity contribution in [2.45, 2.75) is 12.8 Å². The van der Waals surface area contributed by atoms with Gasteiger partial charge >= 0.3 is 12.8 Å². The summed E-state index contributed by atoms with van der Waals surface area (Å²) in [5.41, 5.74) is -1.30. The Morgan fingerprint density at radius 1 is 1.27 bits per heavy atom. The van der Waals surface area contributed by atoms with Crippen molar-refractivity contribution in [3.8, 4) is 5.75 Å². The summed E-state index contributed by atoms with van der Waals surface area (Å²) in [4.78, 5) is 3.08. The minimum atomic E-state index is -4.70. The zero-order valence-corrected chi connectivity index (χ0v) is 8.44. The van der Waals surface area contributed by atoms with Crippen LogP contribution >= 0.6 is 15.9 Å². The summed E-state index contributed by atoms with van der Waals surface area (Å²) in [5, 5.41) is 0. The molecule has 0 amide bonds. The second kappa shape index (κ2) is 4.30. The van der Waals surface area contributed by atoms with E-state index in [1.165, 1.54) is 0 Å². The van der Waals surface area contributed by atoms with Crippen LogP contribution in [0, 0.1) is 0 Å². The van der Waals surface area contributed by atoms with Gasteiger partial charge in [0.1, 0.15) is 16.0 Å². The fraction of sp³-hybridized carbons (Fsp3) is 0.286. The zero-order chi connectivity index (χ0) is 11.6. The Labute approximate surface area is 89.2 Å². The molecule has 2 nitrogen and oxygen atoms in total. The van der Waals surface area contributed by atoms with Crippen molar-refractivity contribution < 1.29 is 26.7 Å². The van der Waals surface area contributed by atoms with Gasteiger partial charge in [-0.2, -0.15) is 22.0 Å². The van der Waals surface area contributed by atoms with E-state index in [9.17, 15) is 22.0 Å². The van der Waals surface area contributed by atoms with Gasteiger partial charge in [-0.25, -0.2) is 4.98 Å². The smallest absolute Gasteiger partial charge is 0.433 e. The summed E-state index contributed by atoms with van der Waals surface area (Å²) in [6.07, 6.45) is -4.70. The molecule has 0 fully saturated rings. The highest BCUT2D eigenvalue weighted by Gasteiger charge is 2.33. The topological polar surface area (TPSA) is 22.1 Å². The van der Waals surface area contributed by atoms with Crippen LogP contribution in [0.2, 0.25) is 0 Å². The zero-order valence-electron chi connectivity index (χ0n) is 6.86.